The molecule has 0 atom stereocenters. The fourth-order valence-electron chi connectivity index (χ4n) is 1.37. The van der Waals surface area contributed by atoms with Crippen LogP contribution in [0.2, 0.25) is 0 Å². The molecule has 1 N–H and O–H groups in total. The highest BCUT2D eigenvalue weighted by atomic mass is 127. The highest BCUT2D eigenvalue weighted by Gasteiger charge is 1.95. The minimum absolute atomic E-state index is 0.196. The molecule has 82 valence electrons. The van der Waals surface area contributed by atoms with Gasteiger partial charge in [0.05, 0.1) is 0 Å². The maximum Gasteiger partial charge on any atom is 0.123 e. The van der Waals surface area contributed by atoms with Crippen LogP contribution >= 0.6 is 22.6 Å². The van der Waals surface area contributed by atoms with Crippen LogP contribution in [-0.2, 0) is 6.54 Å². The van der Waals surface area contributed by atoms with Crippen molar-refractivity contribution < 1.29 is 4.39 Å². The Morgan fingerprint density at radius 2 is 1.56 bits per heavy atom. The predicted molar refractivity (Wildman–Crippen MR) is 72.9 cm³/mol. The fraction of sp³-hybridized carbons (Fsp3) is 0.0769. The Balaban J connectivity index is 1.97. The first-order chi connectivity index (χ1) is 7.74. The van der Waals surface area contributed by atoms with Crippen LogP contribution in [0.1, 0.15) is 5.56 Å². The van der Waals surface area contributed by atoms with E-state index >= 15 is 0 Å². The summed E-state index contributed by atoms with van der Waals surface area (Å²) in [4.78, 5) is 0. The van der Waals surface area contributed by atoms with Crippen molar-refractivity contribution in [3.05, 3.63) is 63.5 Å². The van der Waals surface area contributed by atoms with E-state index in [0.29, 0.717) is 6.54 Å². The largest absolute Gasteiger partial charge is 0.381 e. The normalized spacial score (nSPS) is 10.1. The number of nitrogens with one attached hydrogen (secondary N) is 1. The Morgan fingerprint density at radius 1 is 0.938 bits per heavy atom. The lowest BCUT2D eigenvalue weighted by molar-refractivity contribution is 0.627. The highest BCUT2D eigenvalue weighted by molar-refractivity contribution is 14.1. The summed E-state index contributed by atoms with van der Waals surface area (Å²) in [7, 11) is 0. The SMILES string of the molecule is Fc1ccc(CNc2ccc(I)cc2)cc1. The van der Waals surface area contributed by atoms with Gasteiger partial charge in [-0.3, -0.25) is 0 Å². The molecule has 0 unspecified atom stereocenters. The van der Waals surface area contributed by atoms with Gasteiger partial charge in [0.2, 0.25) is 0 Å². The summed E-state index contributed by atoms with van der Waals surface area (Å²) < 4.78 is 13.9. The standard InChI is InChI=1S/C13H11FIN/c14-11-3-1-10(2-4-11)9-16-13-7-5-12(15)6-8-13/h1-8,16H,9H2. The van der Waals surface area contributed by atoms with Crippen LogP contribution in [0.15, 0.2) is 48.5 Å². The van der Waals surface area contributed by atoms with Crippen LogP contribution in [0.5, 0.6) is 0 Å². The zero-order chi connectivity index (χ0) is 11.4. The summed E-state index contributed by atoms with van der Waals surface area (Å²) >= 11 is 2.27. The molecule has 2 rings (SSSR count). The summed E-state index contributed by atoms with van der Waals surface area (Å²) in [6.45, 7) is 0.709. The highest BCUT2D eigenvalue weighted by Crippen LogP contribution is 2.12. The molecule has 0 spiro atoms. The van der Waals surface area contributed by atoms with Gasteiger partial charge in [0.25, 0.3) is 0 Å². The van der Waals surface area contributed by atoms with E-state index in [0.717, 1.165) is 11.3 Å². The van der Waals surface area contributed by atoms with Crippen molar-refractivity contribution in [1.82, 2.24) is 0 Å². The maximum absolute atomic E-state index is 12.7. The predicted octanol–water partition coefficient (Wildman–Crippen LogP) is 4.04. The quantitative estimate of drug-likeness (QED) is 0.839. The minimum atomic E-state index is -0.196. The van der Waals surface area contributed by atoms with Gasteiger partial charge in [-0.25, -0.2) is 4.39 Å². The molecule has 0 radical (unpaired) electrons. The third kappa shape index (κ3) is 3.20. The summed E-state index contributed by atoms with van der Waals surface area (Å²) in [5, 5.41) is 3.28. The Bertz CT molecular complexity index is 405. The van der Waals surface area contributed by atoms with Crippen molar-refractivity contribution in [2.24, 2.45) is 0 Å². The number of benzene rings is 2. The number of anilines is 1. The van der Waals surface area contributed by atoms with Gasteiger partial charge in [-0.05, 0) is 64.6 Å². The van der Waals surface area contributed by atoms with Gasteiger partial charge < -0.3 is 5.32 Å². The molecular weight excluding hydrogens is 316 g/mol. The second-order valence-corrected chi connectivity index (χ2v) is 4.73. The lowest BCUT2D eigenvalue weighted by Gasteiger charge is -2.06. The molecule has 0 aromatic heterocycles. The molecule has 0 saturated heterocycles. The Morgan fingerprint density at radius 3 is 2.19 bits per heavy atom. The molecule has 0 saturated carbocycles. The molecule has 1 nitrogen and oxygen atoms in total. The van der Waals surface area contributed by atoms with Crippen molar-refractivity contribution in [1.29, 1.82) is 0 Å². The third-order valence-electron chi connectivity index (χ3n) is 2.25. The third-order valence-corrected chi connectivity index (χ3v) is 2.97. The van der Waals surface area contributed by atoms with E-state index in [4.69, 9.17) is 0 Å². The summed E-state index contributed by atoms with van der Waals surface area (Å²) in [5.74, 6) is -0.196. The molecule has 16 heavy (non-hydrogen) atoms. The van der Waals surface area contributed by atoms with Crippen LogP contribution in [0.25, 0.3) is 0 Å². The van der Waals surface area contributed by atoms with Gasteiger partial charge in [-0.2, -0.15) is 0 Å². The molecule has 0 fully saturated rings. The molecule has 0 bridgehead atoms. The second-order valence-electron chi connectivity index (χ2n) is 3.49. The molecule has 0 aliphatic rings. The first kappa shape index (κ1) is 11.4. The van der Waals surface area contributed by atoms with E-state index in [-0.39, 0.29) is 5.82 Å². The van der Waals surface area contributed by atoms with Gasteiger partial charge in [-0.1, -0.05) is 12.1 Å². The van der Waals surface area contributed by atoms with Gasteiger partial charge >= 0.3 is 0 Å². The van der Waals surface area contributed by atoms with Crippen LogP contribution in [0.4, 0.5) is 10.1 Å². The van der Waals surface area contributed by atoms with Crippen LogP contribution in [-0.4, -0.2) is 0 Å². The molecule has 0 amide bonds. The molecule has 2 aromatic carbocycles. The number of rotatable bonds is 3. The Labute approximate surface area is 108 Å². The summed E-state index contributed by atoms with van der Waals surface area (Å²) in [5.41, 5.74) is 2.14. The molecule has 0 aliphatic carbocycles. The number of hydrogen-bond acceptors (Lipinski definition) is 1. The van der Waals surface area contributed by atoms with E-state index in [9.17, 15) is 4.39 Å². The van der Waals surface area contributed by atoms with Crippen molar-refractivity contribution in [2.75, 3.05) is 5.32 Å². The first-order valence-electron chi connectivity index (χ1n) is 4.98. The van der Waals surface area contributed by atoms with Crippen LogP contribution < -0.4 is 5.32 Å². The Kier molecular flexibility index (Phi) is 3.77. The van der Waals surface area contributed by atoms with Crippen molar-refractivity contribution >= 4 is 28.3 Å². The average Bonchev–Trinajstić information content (AvgIpc) is 2.30. The maximum atomic E-state index is 12.7. The summed E-state index contributed by atoms with van der Waals surface area (Å²) in [6.07, 6.45) is 0. The monoisotopic (exact) mass is 327 g/mol. The average molecular weight is 327 g/mol. The van der Waals surface area contributed by atoms with Crippen LogP contribution in [0.3, 0.4) is 0 Å². The number of hydrogen-bond donors (Lipinski definition) is 1. The molecular formula is C13H11FIN. The van der Waals surface area contributed by atoms with E-state index < -0.39 is 0 Å². The van der Waals surface area contributed by atoms with Crippen LogP contribution in [0, 0.1) is 9.39 Å². The zero-order valence-electron chi connectivity index (χ0n) is 8.58. The fourth-order valence-corrected chi connectivity index (χ4v) is 1.73. The van der Waals surface area contributed by atoms with Gasteiger partial charge in [-0.15, -0.1) is 0 Å². The second kappa shape index (κ2) is 5.30. The smallest absolute Gasteiger partial charge is 0.123 e. The van der Waals surface area contributed by atoms with E-state index in [1.165, 1.54) is 15.7 Å². The van der Waals surface area contributed by atoms with Gasteiger partial charge in [0.1, 0.15) is 5.82 Å². The number of halogens is 2. The zero-order valence-corrected chi connectivity index (χ0v) is 10.7. The molecule has 0 heterocycles. The van der Waals surface area contributed by atoms with Gasteiger partial charge in [0.15, 0.2) is 0 Å². The Hall–Kier alpha value is -1.10. The molecule has 2 aromatic rings. The van der Waals surface area contributed by atoms with Crippen molar-refractivity contribution in [3.63, 3.8) is 0 Å². The first-order valence-corrected chi connectivity index (χ1v) is 6.06. The van der Waals surface area contributed by atoms with Crippen molar-refractivity contribution in [2.45, 2.75) is 6.54 Å². The molecule has 0 aliphatic heterocycles. The van der Waals surface area contributed by atoms with Crippen molar-refractivity contribution in [3.8, 4) is 0 Å². The van der Waals surface area contributed by atoms with E-state index in [1.54, 1.807) is 12.1 Å². The van der Waals surface area contributed by atoms with E-state index in [1.807, 2.05) is 24.3 Å². The molecule has 3 heteroatoms. The topological polar surface area (TPSA) is 12.0 Å². The lowest BCUT2D eigenvalue weighted by Crippen LogP contribution is -1.99. The minimum Gasteiger partial charge on any atom is -0.381 e. The summed E-state index contributed by atoms with van der Waals surface area (Å²) in [6, 6.07) is 14.7. The van der Waals surface area contributed by atoms with E-state index in [2.05, 4.69) is 27.9 Å². The lowest BCUT2D eigenvalue weighted by atomic mass is 10.2. The van der Waals surface area contributed by atoms with Gasteiger partial charge in [0, 0.05) is 15.8 Å².